The third-order valence-corrected chi connectivity index (χ3v) is 6.50. The summed E-state index contributed by atoms with van der Waals surface area (Å²) in [5, 5.41) is 10.4. The minimum absolute atomic E-state index is 0.417. The fourth-order valence-corrected chi connectivity index (χ4v) is 4.78. The van der Waals surface area contributed by atoms with Crippen LogP contribution in [0.15, 0.2) is 22.6 Å². The van der Waals surface area contributed by atoms with Crippen LogP contribution in [0, 0.1) is 0 Å². The molecular weight excluding hydrogens is 368 g/mol. The molecule has 1 aliphatic heterocycles. The van der Waals surface area contributed by atoms with Crippen LogP contribution in [0.3, 0.4) is 0 Å². The molecule has 3 heterocycles. The van der Waals surface area contributed by atoms with Gasteiger partial charge < -0.3 is 10.2 Å². The predicted octanol–water partition coefficient (Wildman–Crippen LogP) is 3.06. The van der Waals surface area contributed by atoms with E-state index in [-0.39, 0.29) is 0 Å². The van der Waals surface area contributed by atoms with Crippen molar-refractivity contribution < 1.29 is 0 Å². The number of guanidine groups is 1. The first-order valence-corrected chi connectivity index (χ1v) is 11.0. The first-order chi connectivity index (χ1) is 13.4. The zero-order valence-corrected chi connectivity index (χ0v) is 18.9. The van der Waals surface area contributed by atoms with Gasteiger partial charge in [-0.3, -0.25) is 14.6 Å². The Balaban J connectivity index is 1.55. The van der Waals surface area contributed by atoms with Crippen molar-refractivity contribution in [3.05, 3.63) is 39.3 Å². The molecule has 0 bridgehead atoms. The Hall–Kier alpha value is -1.86. The Morgan fingerprint density at radius 2 is 2.18 bits per heavy atom. The van der Waals surface area contributed by atoms with Crippen molar-refractivity contribution in [2.75, 3.05) is 27.2 Å². The van der Waals surface area contributed by atoms with Gasteiger partial charge >= 0.3 is 0 Å². The molecule has 0 saturated heterocycles. The Kier molecular flexibility index (Phi) is 6.78. The van der Waals surface area contributed by atoms with E-state index in [9.17, 15) is 0 Å². The minimum atomic E-state index is 0.417. The Bertz CT molecular complexity index is 806. The van der Waals surface area contributed by atoms with E-state index in [1.54, 1.807) is 4.88 Å². The van der Waals surface area contributed by atoms with Crippen molar-refractivity contribution in [2.45, 2.75) is 52.2 Å². The smallest absolute Gasteiger partial charge is 0.193 e. The molecule has 1 N–H and O–H groups in total. The number of rotatable bonds is 6. The first kappa shape index (κ1) is 20.9. The molecule has 2 aromatic rings. The lowest BCUT2D eigenvalue weighted by Gasteiger charge is -2.33. The molecule has 0 aromatic carbocycles. The molecular formula is C21H34N6S. The summed E-state index contributed by atoms with van der Waals surface area (Å²) in [5.41, 5.74) is 3.93. The molecule has 0 saturated carbocycles. The van der Waals surface area contributed by atoms with Gasteiger partial charge in [-0.1, -0.05) is 13.8 Å². The number of fused-ring (bicyclic) bond motifs is 1. The number of aliphatic imine (C=N–C) groups is 1. The van der Waals surface area contributed by atoms with E-state index < -0.39 is 0 Å². The lowest BCUT2D eigenvalue weighted by molar-refractivity contribution is 0.192. The molecule has 154 valence electrons. The van der Waals surface area contributed by atoms with E-state index in [1.807, 2.05) is 30.1 Å². The van der Waals surface area contributed by atoms with Crippen LogP contribution in [0.4, 0.5) is 0 Å². The van der Waals surface area contributed by atoms with Gasteiger partial charge in [0, 0.05) is 70.0 Å². The number of aromatic nitrogens is 2. The van der Waals surface area contributed by atoms with Crippen molar-refractivity contribution in [1.29, 1.82) is 0 Å². The molecule has 28 heavy (non-hydrogen) atoms. The molecule has 1 atom stereocenters. The molecule has 1 unspecified atom stereocenters. The van der Waals surface area contributed by atoms with E-state index in [2.05, 4.69) is 70.7 Å². The monoisotopic (exact) mass is 402 g/mol. The summed E-state index contributed by atoms with van der Waals surface area (Å²) in [6, 6.07) is 2.74. The van der Waals surface area contributed by atoms with Gasteiger partial charge in [-0.25, -0.2) is 0 Å². The summed E-state index contributed by atoms with van der Waals surface area (Å²) in [7, 11) is 5.94. The first-order valence-electron chi connectivity index (χ1n) is 10.1. The van der Waals surface area contributed by atoms with Crippen molar-refractivity contribution in [1.82, 2.24) is 24.9 Å². The number of hydrogen-bond donors (Lipinski definition) is 1. The second-order valence-electron chi connectivity index (χ2n) is 8.09. The maximum Gasteiger partial charge on any atom is 0.193 e. The largest absolute Gasteiger partial charge is 0.355 e. The van der Waals surface area contributed by atoms with E-state index in [0.717, 1.165) is 37.8 Å². The van der Waals surface area contributed by atoms with Crippen LogP contribution in [-0.2, 0) is 26.6 Å². The average molecular weight is 403 g/mol. The third kappa shape index (κ3) is 4.75. The van der Waals surface area contributed by atoms with Crippen LogP contribution in [0.25, 0.3) is 0 Å². The van der Waals surface area contributed by atoms with Crippen LogP contribution >= 0.6 is 11.3 Å². The highest BCUT2D eigenvalue weighted by Gasteiger charge is 2.22. The molecule has 2 aromatic heterocycles. The third-order valence-electron chi connectivity index (χ3n) is 5.48. The minimum Gasteiger partial charge on any atom is -0.355 e. The molecule has 0 aliphatic carbocycles. The number of hydrogen-bond acceptors (Lipinski definition) is 4. The molecule has 0 fully saturated rings. The maximum atomic E-state index is 4.62. The highest BCUT2D eigenvalue weighted by Crippen LogP contribution is 2.25. The van der Waals surface area contributed by atoms with Gasteiger partial charge in [0.05, 0.1) is 5.69 Å². The van der Waals surface area contributed by atoms with E-state index in [0.29, 0.717) is 12.0 Å². The summed E-state index contributed by atoms with van der Waals surface area (Å²) >= 11 is 1.90. The Morgan fingerprint density at radius 1 is 1.39 bits per heavy atom. The van der Waals surface area contributed by atoms with Gasteiger partial charge in [-0.15, -0.1) is 11.3 Å². The van der Waals surface area contributed by atoms with Crippen molar-refractivity contribution in [2.24, 2.45) is 12.0 Å². The average Bonchev–Trinajstić information content (AvgIpc) is 3.27. The van der Waals surface area contributed by atoms with Gasteiger partial charge in [0.2, 0.25) is 0 Å². The zero-order valence-electron chi connectivity index (χ0n) is 18.1. The lowest BCUT2D eigenvalue weighted by atomic mass is 10.1. The van der Waals surface area contributed by atoms with E-state index in [1.165, 1.54) is 17.5 Å². The van der Waals surface area contributed by atoms with Crippen LogP contribution in [0.1, 0.15) is 48.4 Å². The molecule has 0 spiro atoms. The standard InChI is InChI=1S/C21H34N6S/c1-15(2)20-18(13-26(6)24-20)12-25(5)21(22-4)23-11-16(3)27-9-7-19-17(14-27)8-10-28-19/h8,10,13,15-16H,7,9,11-12,14H2,1-6H3,(H,22,23). The fourth-order valence-electron chi connectivity index (χ4n) is 3.89. The molecule has 7 heteroatoms. The fraction of sp³-hybridized carbons (Fsp3) is 0.619. The quantitative estimate of drug-likeness (QED) is 0.596. The van der Waals surface area contributed by atoms with Gasteiger partial charge in [0.15, 0.2) is 5.96 Å². The lowest BCUT2D eigenvalue weighted by Crippen LogP contribution is -2.47. The van der Waals surface area contributed by atoms with Crippen LogP contribution in [0.5, 0.6) is 0 Å². The van der Waals surface area contributed by atoms with E-state index in [4.69, 9.17) is 0 Å². The summed E-state index contributed by atoms with van der Waals surface area (Å²) in [6.45, 7) is 10.6. The number of nitrogens with zero attached hydrogens (tertiary/aromatic N) is 5. The summed E-state index contributed by atoms with van der Waals surface area (Å²) in [4.78, 5) is 10.8. The second kappa shape index (κ2) is 9.09. The van der Waals surface area contributed by atoms with Gasteiger partial charge in [0.1, 0.15) is 0 Å². The second-order valence-corrected chi connectivity index (χ2v) is 9.09. The normalized spacial score (nSPS) is 16.3. The predicted molar refractivity (Wildman–Crippen MR) is 118 cm³/mol. The molecule has 1 aliphatic rings. The summed E-state index contributed by atoms with van der Waals surface area (Å²) in [5.74, 6) is 1.35. The van der Waals surface area contributed by atoms with Crippen LogP contribution < -0.4 is 5.32 Å². The maximum absolute atomic E-state index is 4.62. The summed E-state index contributed by atoms with van der Waals surface area (Å²) in [6.07, 6.45) is 3.29. The van der Waals surface area contributed by atoms with Gasteiger partial charge in [0.25, 0.3) is 0 Å². The highest BCUT2D eigenvalue weighted by atomic mass is 32.1. The number of nitrogens with one attached hydrogen (secondary N) is 1. The summed E-state index contributed by atoms with van der Waals surface area (Å²) < 4.78 is 1.91. The molecule has 0 radical (unpaired) electrons. The number of thiophene rings is 1. The molecule has 6 nitrogen and oxygen atoms in total. The SMILES string of the molecule is CN=C(NCC(C)N1CCc2sccc2C1)N(C)Cc1cn(C)nc1C(C)C. The van der Waals surface area contributed by atoms with E-state index >= 15 is 0 Å². The Morgan fingerprint density at radius 3 is 2.89 bits per heavy atom. The van der Waals surface area contributed by atoms with Crippen molar-refractivity contribution >= 4 is 17.3 Å². The number of aryl methyl sites for hydroxylation is 1. The Labute approximate surface area is 173 Å². The molecule has 3 rings (SSSR count). The van der Waals surface area contributed by atoms with Crippen molar-refractivity contribution in [3.8, 4) is 0 Å². The molecule has 0 amide bonds. The van der Waals surface area contributed by atoms with Gasteiger partial charge in [-0.2, -0.15) is 5.10 Å². The highest BCUT2D eigenvalue weighted by molar-refractivity contribution is 7.10. The van der Waals surface area contributed by atoms with Crippen LogP contribution in [0.2, 0.25) is 0 Å². The van der Waals surface area contributed by atoms with Gasteiger partial charge in [-0.05, 0) is 36.3 Å². The van der Waals surface area contributed by atoms with Crippen molar-refractivity contribution in [3.63, 3.8) is 0 Å². The van der Waals surface area contributed by atoms with Crippen LogP contribution in [-0.4, -0.2) is 58.8 Å². The zero-order chi connectivity index (χ0) is 20.3. The topological polar surface area (TPSA) is 48.7 Å².